The number of carbonyl (C=O) groups excluding carboxylic acids is 2. The molecule has 0 radical (unpaired) electrons. The van der Waals surface area contributed by atoms with E-state index in [-0.39, 0.29) is 63.7 Å². The number of halogens is 7. The number of rotatable bonds is 5. The molecule has 0 spiro atoms. The lowest BCUT2D eigenvalue weighted by Crippen LogP contribution is -2.39. The molecule has 1 atom stereocenters. The third kappa shape index (κ3) is 6.00. The van der Waals surface area contributed by atoms with Crippen LogP contribution >= 0.6 is 11.6 Å². The van der Waals surface area contributed by atoms with Crippen LogP contribution in [0, 0.1) is 0 Å². The van der Waals surface area contributed by atoms with E-state index in [0.29, 0.717) is 31.6 Å². The first kappa shape index (κ1) is 31.0. The molecule has 2 amide bonds. The number of fused-ring (bicyclic) bond motifs is 1. The summed E-state index contributed by atoms with van der Waals surface area (Å²) < 4.78 is 82.7. The van der Waals surface area contributed by atoms with Gasteiger partial charge in [-0.3, -0.25) is 14.0 Å². The summed E-state index contributed by atoms with van der Waals surface area (Å²) in [6, 6.07) is 5.25. The monoisotopic (exact) mass is 639 g/mol. The molecule has 0 bridgehead atoms. The maximum absolute atomic E-state index is 14.2. The maximum Gasteiger partial charge on any atom is 0.433 e. The zero-order valence-electron chi connectivity index (χ0n) is 22.9. The predicted molar refractivity (Wildman–Crippen MR) is 149 cm³/mol. The predicted octanol–water partition coefficient (Wildman–Crippen LogP) is 6.43. The number of anilines is 2. The number of benzene rings is 1. The first-order valence-corrected chi connectivity index (χ1v) is 13.7. The van der Waals surface area contributed by atoms with Gasteiger partial charge in [0, 0.05) is 42.8 Å². The van der Waals surface area contributed by atoms with Crippen molar-refractivity contribution in [2.45, 2.75) is 44.5 Å². The van der Waals surface area contributed by atoms with Gasteiger partial charge in [0.2, 0.25) is 5.91 Å². The van der Waals surface area contributed by atoms with E-state index in [1.165, 1.54) is 18.2 Å². The number of nitrogen functional groups attached to an aromatic ring is 1. The van der Waals surface area contributed by atoms with Crippen molar-refractivity contribution >= 4 is 40.6 Å². The van der Waals surface area contributed by atoms with Gasteiger partial charge in [-0.15, -0.1) is 0 Å². The van der Waals surface area contributed by atoms with Gasteiger partial charge in [0.15, 0.2) is 0 Å². The van der Waals surface area contributed by atoms with Crippen LogP contribution in [0.3, 0.4) is 0 Å². The van der Waals surface area contributed by atoms with Crippen molar-refractivity contribution in [3.05, 3.63) is 70.4 Å². The van der Waals surface area contributed by atoms with Crippen molar-refractivity contribution in [3.63, 3.8) is 0 Å². The molecule has 1 saturated heterocycles. The van der Waals surface area contributed by atoms with Crippen LogP contribution in [-0.2, 0) is 17.1 Å². The summed E-state index contributed by atoms with van der Waals surface area (Å²) in [6.07, 6.45) is -6.72. The molecule has 1 fully saturated rings. The molecule has 232 valence electrons. The lowest BCUT2D eigenvalue weighted by atomic mass is 9.97. The van der Waals surface area contributed by atoms with Gasteiger partial charge >= 0.3 is 12.4 Å². The number of carbonyl (C=O) groups is 2. The normalized spacial score (nSPS) is 15.9. The minimum absolute atomic E-state index is 0.0217. The van der Waals surface area contributed by atoms with Crippen LogP contribution in [0.15, 0.2) is 42.7 Å². The number of nitrogens with zero attached hydrogens (tertiary/aromatic N) is 5. The molecule has 1 unspecified atom stereocenters. The van der Waals surface area contributed by atoms with E-state index in [4.69, 9.17) is 17.3 Å². The van der Waals surface area contributed by atoms with Crippen LogP contribution in [-0.4, -0.2) is 49.2 Å². The second-order valence-electron chi connectivity index (χ2n) is 10.1. The van der Waals surface area contributed by atoms with Crippen molar-refractivity contribution in [2.75, 3.05) is 24.1 Å². The Bertz CT molecular complexity index is 1760. The number of nitrogens with two attached hydrogens (primary N) is 1. The smallest absolute Gasteiger partial charge is 0.382 e. The Morgan fingerprint density at radius 1 is 1.09 bits per heavy atom. The SMILES string of the molecule is CCC(=O)N1CCCC(c2nc(-c3ccc(C(=O)Nc4cc(C(F)(F)F)ccn4)cc3Cl)c3c(N)ncc(C(F)(F)F)n23)C1. The van der Waals surface area contributed by atoms with E-state index in [2.05, 4.69) is 20.3 Å². The molecule has 3 N–H and O–H groups in total. The van der Waals surface area contributed by atoms with Gasteiger partial charge in [-0.05, 0) is 37.1 Å². The summed E-state index contributed by atoms with van der Waals surface area (Å²) in [5.41, 5.74) is 3.87. The molecule has 1 aliphatic rings. The summed E-state index contributed by atoms with van der Waals surface area (Å²) >= 11 is 6.53. The van der Waals surface area contributed by atoms with Gasteiger partial charge in [-0.1, -0.05) is 24.6 Å². The highest BCUT2D eigenvalue weighted by Crippen LogP contribution is 2.41. The Balaban J connectivity index is 1.57. The van der Waals surface area contributed by atoms with Crippen LogP contribution in [0.25, 0.3) is 16.8 Å². The fourth-order valence-electron chi connectivity index (χ4n) is 5.18. The van der Waals surface area contributed by atoms with Crippen molar-refractivity contribution in [3.8, 4) is 11.3 Å². The lowest BCUT2D eigenvalue weighted by Gasteiger charge is -2.32. The van der Waals surface area contributed by atoms with Gasteiger partial charge in [-0.25, -0.2) is 15.0 Å². The van der Waals surface area contributed by atoms with E-state index in [9.17, 15) is 35.9 Å². The van der Waals surface area contributed by atoms with E-state index in [0.717, 1.165) is 16.7 Å². The Morgan fingerprint density at radius 3 is 2.50 bits per heavy atom. The van der Waals surface area contributed by atoms with E-state index in [1.807, 2.05) is 0 Å². The van der Waals surface area contributed by atoms with E-state index >= 15 is 0 Å². The summed E-state index contributed by atoms with van der Waals surface area (Å²) in [5.74, 6) is -2.10. The number of aromatic nitrogens is 4. The highest BCUT2D eigenvalue weighted by molar-refractivity contribution is 6.34. The molecule has 0 saturated carbocycles. The third-order valence-electron chi connectivity index (χ3n) is 7.26. The Hall–Kier alpha value is -4.40. The zero-order valence-corrected chi connectivity index (χ0v) is 23.7. The fraction of sp³-hybridized carbons (Fsp3) is 0.321. The number of hydrogen-bond acceptors (Lipinski definition) is 6. The van der Waals surface area contributed by atoms with Crippen LogP contribution in [0.4, 0.5) is 38.0 Å². The van der Waals surface area contributed by atoms with Crippen molar-refractivity contribution in [1.82, 2.24) is 24.3 Å². The lowest BCUT2D eigenvalue weighted by molar-refractivity contribution is -0.142. The van der Waals surface area contributed by atoms with Gasteiger partial charge < -0.3 is 16.0 Å². The third-order valence-corrected chi connectivity index (χ3v) is 7.57. The molecule has 16 heteroatoms. The second-order valence-corrected chi connectivity index (χ2v) is 10.5. The highest BCUT2D eigenvalue weighted by atomic mass is 35.5. The Kier molecular flexibility index (Phi) is 8.18. The first-order chi connectivity index (χ1) is 20.7. The van der Waals surface area contributed by atoms with Crippen molar-refractivity contribution in [2.24, 2.45) is 0 Å². The molecular formula is C28H24ClF6N7O2. The van der Waals surface area contributed by atoms with Gasteiger partial charge in [0.25, 0.3) is 5.91 Å². The van der Waals surface area contributed by atoms with E-state index < -0.39 is 35.4 Å². The average molecular weight is 640 g/mol. The molecule has 44 heavy (non-hydrogen) atoms. The molecule has 0 aliphatic carbocycles. The van der Waals surface area contributed by atoms with Crippen LogP contribution < -0.4 is 11.1 Å². The number of likely N-dealkylation sites (tertiary alicyclic amines) is 1. The molecule has 1 aromatic carbocycles. The second kappa shape index (κ2) is 11.6. The van der Waals surface area contributed by atoms with Gasteiger partial charge in [0.1, 0.15) is 34.4 Å². The van der Waals surface area contributed by atoms with Gasteiger partial charge in [0.05, 0.1) is 16.8 Å². The molecule has 1 aliphatic heterocycles. The van der Waals surface area contributed by atoms with E-state index in [1.54, 1.807) is 11.8 Å². The maximum atomic E-state index is 14.2. The average Bonchev–Trinajstić information content (AvgIpc) is 3.37. The molecule has 4 aromatic rings. The quantitative estimate of drug-likeness (QED) is 0.243. The zero-order chi connectivity index (χ0) is 32.0. The molecule has 9 nitrogen and oxygen atoms in total. The van der Waals surface area contributed by atoms with Crippen LogP contribution in [0.1, 0.15) is 59.5 Å². The van der Waals surface area contributed by atoms with Crippen LogP contribution in [0.5, 0.6) is 0 Å². The Morgan fingerprint density at radius 2 is 1.84 bits per heavy atom. The molecule has 3 aromatic heterocycles. The highest BCUT2D eigenvalue weighted by Gasteiger charge is 2.38. The largest absolute Gasteiger partial charge is 0.433 e. The summed E-state index contributed by atoms with van der Waals surface area (Å²) in [5, 5.41) is 2.18. The topological polar surface area (TPSA) is 119 Å². The minimum atomic E-state index is -4.83. The summed E-state index contributed by atoms with van der Waals surface area (Å²) in [6.45, 7) is 2.33. The minimum Gasteiger partial charge on any atom is -0.382 e. The number of alkyl halides is 6. The summed E-state index contributed by atoms with van der Waals surface area (Å²) in [7, 11) is 0. The summed E-state index contributed by atoms with van der Waals surface area (Å²) in [4.78, 5) is 38.9. The first-order valence-electron chi connectivity index (χ1n) is 13.3. The number of piperidine rings is 1. The number of hydrogen-bond donors (Lipinski definition) is 2. The Labute approximate surface area is 251 Å². The van der Waals surface area contributed by atoms with Crippen molar-refractivity contribution in [1.29, 1.82) is 0 Å². The molecule has 5 rings (SSSR count). The number of nitrogens with one attached hydrogen (secondary N) is 1. The fourth-order valence-corrected chi connectivity index (χ4v) is 5.45. The number of imidazole rings is 1. The van der Waals surface area contributed by atoms with Gasteiger partial charge in [-0.2, -0.15) is 26.3 Å². The molecular weight excluding hydrogens is 616 g/mol. The van der Waals surface area contributed by atoms with Crippen LogP contribution in [0.2, 0.25) is 5.02 Å². The standard InChI is InChI=1S/C28H24ClF6N7O2/c1-2-21(43)41-9-3-4-15(13-41)25-40-22(23-24(36)38-12-19(42(23)25)28(33,34)35)17-6-5-14(10-18(17)29)26(44)39-20-11-16(7-8-37-20)27(30,31)32/h5-8,10-12,15H,2-4,9,13H2,1H3,(H2,36,38)(H,37,39,44). The number of amides is 2. The van der Waals surface area contributed by atoms with Crippen molar-refractivity contribution < 1.29 is 35.9 Å². The molecule has 4 heterocycles. The number of pyridine rings is 1.